The van der Waals surface area contributed by atoms with Crippen molar-refractivity contribution in [3.8, 4) is 0 Å². The van der Waals surface area contributed by atoms with Gasteiger partial charge in [-0.15, -0.1) is 0 Å². The summed E-state index contributed by atoms with van der Waals surface area (Å²) in [6.07, 6.45) is 1.19. The molecule has 0 radical (unpaired) electrons. The van der Waals surface area contributed by atoms with Crippen LogP contribution < -0.4 is 5.14 Å². The quantitative estimate of drug-likeness (QED) is 0.716. The summed E-state index contributed by atoms with van der Waals surface area (Å²) in [5.74, 6) is -1.76. The molecule has 100 valence electrons. The van der Waals surface area contributed by atoms with E-state index in [2.05, 4.69) is 0 Å². The molecule has 8 nitrogen and oxygen atoms in total. The molecule has 1 aromatic rings. The number of amides is 1. The number of carboxylic acids is 1. The van der Waals surface area contributed by atoms with Crippen molar-refractivity contribution >= 4 is 21.9 Å². The normalized spacial score (nSPS) is 11.3. The van der Waals surface area contributed by atoms with Crippen LogP contribution in [0.3, 0.4) is 0 Å². The molecule has 0 spiro atoms. The van der Waals surface area contributed by atoms with Crippen molar-refractivity contribution in [2.75, 3.05) is 13.6 Å². The number of hydrogen-bond donors (Lipinski definition) is 2. The lowest BCUT2D eigenvalue weighted by Crippen LogP contribution is -2.32. The molecule has 1 heterocycles. The molecule has 9 heteroatoms. The summed E-state index contributed by atoms with van der Waals surface area (Å²) in [6, 6.07) is 1.11. The van der Waals surface area contributed by atoms with Crippen LogP contribution in [0.15, 0.2) is 17.2 Å². The second-order valence-corrected chi connectivity index (χ2v) is 5.33. The van der Waals surface area contributed by atoms with Gasteiger partial charge in [-0.25, -0.2) is 13.6 Å². The fourth-order valence-electron chi connectivity index (χ4n) is 1.37. The molecule has 0 aliphatic carbocycles. The van der Waals surface area contributed by atoms with Crippen molar-refractivity contribution in [2.24, 2.45) is 12.2 Å². The minimum Gasteiger partial charge on any atom is -0.480 e. The maximum absolute atomic E-state index is 11.8. The van der Waals surface area contributed by atoms with Crippen LogP contribution in [-0.4, -0.2) is 48.5 Å². The van der Waals surface area contributed by atoms with Gasteiger partial charge in [0.05, 0.1) is 0 Å². The Kier molecular flexibility index (Phi) is 3.77. The summed E-state index contributed by atoms with van der Waals surface area (Å²) >= 11 is 0. The second kappa shape index (κ2) is 4.78. The topological polar surface area (TPSA) is 123 Å². The lowest BCUT2D eigenvalue weighted by Gasteiger charge is -2.14. The number of primary sulfonamides is 1. The fraction of sp³-hybridized carbons (Fsp3) is 0.333. The van der Waals surface area contributed by atoms with Gasteiger partial charge in [-0.05, 0) is 6.07 Å². The van der Waals surface area contributed by atoms with Crippen LogP contribution in [0.25, 0.3) is 0 Å². The van der Waals surface area contributed by atoms with E-state index in [9.17, 15) is 18.0 Å². The van der Waals surface area contributed by atoms with E-state index >= 15 is 0 Å². The average molecular weight is 275 g/mol. The van der Waals surface area contributed by atoms with E-state index < -0.39 is 28.4 Å². The van der Waals surface area contributed by atoms with Crippen LogP contribution in [0.1, 0.15) is 10.5 Å². The van der Waals surface area contributed by atoms with Crippen molar-refractivity contribution in [2.45, 2.75) is 4.90 Å². The molecule has 0 unspecified atom stereocenters. The molecule has 1 rings (SSSR count). The smallest absolute Gasteiger partial charge is 0.323 e. The highest BCUT2D eigenvalue weighted by Gasteiger charge is 2.21. The predicted octanol–water partition coefficient (Wildman–Crippen LogP) is -1.17. The van der Waals surface area contributed by atoms with E-state index in [4.69, 9.17) is 10.2 Å². The van der Waals surface area contributed by atoms with E-state index in [0.29, 0.717) is 0 Å². The summed E-state index contributed by atoms with van der Waals surface area (Å²) in [6.45, 7) is -0.477. The third-order valence-electron chi connectivity index (χ3n) is 2.25. The van der Waals surface area contributed by atoms with E-state index in [1.54, 1.807) is 0 Å². The molecule has 0 aromatic carbocycles. The van der Waals surface area contributed by atoms with Crippen LogP contribution in [-0.2, 0) is 21.9 Å². The Hall–Kier alpha value is -1.87. The monoisotopic (exact) mass is 275 g/mol. The van der Waals surface area contributed by atoms with Gasteiger partial charge in [0.2, 0.25) is 10.0 Å². The third kappa shape index (κ3) is 3.08. The Morgan fingerprint density at radius 3 is 2.44 bits per heavy atom. The average Bonchev–Trinajstić information content (AvgIpc) is 2.57. The van der Waals surface area contributed by atoms with Crippen LogP contribution in [0.2, 0.25) is 0 Å². The highest BCUT2D eigenvalue weighted by atomic mass is 32.2. The predicted molar refractivity (Wildman–Crippen MR) is 61.4 cm³/mol. The third-order valence-corrected chi connectivity index (χ3v) is 3.13. The number of carbonyl (C=O) groups is 2. The Morgan fingerprint density at radius 1 is 1.50 bits per heavy atom. The number of nitrogens with zero attached hydrogens (tertiary/aromatic N) is 2. The lowest BCUT2D eigenvalue weighted by atomic mass is 10.3. The number of rotatable bonds is 4. The van der Waals surface area contributed by atoms with Gasteiger partial charge in [0, 0.05) is 20.3 Å². The molecule has 18 heavy (non-hydrogen) atoms. The Balaban J connectivity index is 3.08. The number of sulfonamides is 1. The van der Waals surface area contributed by atoms with Gasteiger partial charge in [-0.3, -0.25) is 9.59 Å². The molecule has 0 aliphatic rings. The summed E-state index contributed by atoms with van der Waals surface area (Å²) in [4.78, 5) is 23.1. The number of hydrogen-bond acceptors (Lipinski definition) is 4. The van der Waals surface area contributed by atoms with Gasteiger partial charge in [0.25, 0.3) is 5.91 Å². The number of carboxylic acid groups (broad SMARTS) is 1. The molecule has 1 amide bonds. The molecular formula is C9H13N3O5S. The number of likely N-dealkylation sites (N-methyl/N-ethyl adjacent to an activating group) is 1. The van der Waals surface area contributed by atoms with Crippen LogP contribution in [0, 0.1) is 0 Å². The molecular weight excluding hydrogens is 262 g/mol. The summed E-state index contributed by atoms with van der Waals surface area (Å²) in [5.41, 5.74) is 0.0442. The Bertz CT molecular complexity index is 589. The van der Waals surface area contributed by atoms with E-state index in [1.165, 1.54) is 24.9 Å². The first-order valence-corrected chi connectivity index (χ1v) is 6.34. The van der Waals surface area contributed by atoms with Gasteiger partial charge in [0.1, 0.15) is 17.1 Å². The van der Waals surface area contributed by atoms with E-state index in [0.717, 1.165) is 11.0 Å². The number of aliphatic carboxylic acids is 1. The first-order valence-electron chi connectivity index (χ1n) is 4.79. The van der Waals surface area contributed by atoms with Crippen molar-refractivity contribution < 1.29 is 23.1 Å². The molecule has 0 fully saturated rings. The first kappa shape index (κ1) is 14.2. The van der Waals surface area contributed by atoms with E-state index in [-0.39, 0.29) is 10.6 Å². The fourth-order valence-corrected chi connectivity index (χ4v) is 1.95. The van der Waals surface area contributed by atoms with Crippen LogP contribution in [0.4, 0.5) is 0 Å². The van der Waals surface area contributed by atoms with Crippen LogP contribution >= 0.6 is 0 Å². The molecule has 1 aromatic heterocycles. The molecule has 0 bridgehead atoms. The Labute approximate surface area is 104 Å². The van der Waals surface area contributed by atoms with Gasteiger partial charge in [-0.1, -0.05) is 0 Å². The van der Waals surface area contributed by atoms with Crippen LogP contribution in [0.5, 0.6) is 0 Å². The van der Waals surface area contributed by atoms with Gasteiger partial charge in [-0.2, -0.15) is 0 Å². The number of aromatic nitrogens is 1. The number of aryl methyl sites for hydroxylation is 1. The first-order chi connectivity index (χ1) is 8.12. The molecule has 0 aliphatic heterocycles. The zero-order chi connectivity index (χ0) is 14.1. The lowest BCUT2D eigenvalue weighted by molar-refractivity contribution is -0.137. The second-order valence-electron chi connectivity index (χ2n) is 3.77. The SMILES string of the molecule is CN(CC(=O)O)C(=O)c1cc(S(N)(=O)=O)cn1C. The minimum absolute atomic E-state index is 0.0442. The molecule has 3 N–H and O–H groups in total. The van der Waals surface area contributed by atoms with Gasteiger partial charge >= 0.3 is 5.97 Å². The standard InChI is InChI=1S/C9H13N3O5S/c1-11-4-6(18(10,16)17)3-7(11)9(15)12(2)5-8(13)14/h3-4H,5H2,1-2H3,(H,13,14)(H2,10,16,17). The highest BCUT2D eigenvalue weighted by Crippen LogP contribution is 2.13. The zero-order valence-corrected chi connectivity index (χ0v) is 10.6. The number of nitrogens with two attached hydrogens (primary N) is 1. The molecule has 0 saturated carbocycles. The van der Waals surface area contributed by atoms with Crippen molar-refractivity contribution in [3.63, 3.8) is 0 Å². The highest BCUT2D eigenvalue weighted by molar-refractivity contribution is 7.89. The van der Waals surface area contributed by atoms with Gasteiger partial charge in [0.15, 0.2) is 0 Å². The molecule has 0 saturated heterocycles. The Morgan fingerprint density at radius 2 is 2.06 bits per heavy atom. The van der Waals surface area contributed by atoms with Crippen molar-refractivity contribution in [1.29, 1.82) is 0 Å². The summed E-state index contributed by atoms with van der Waals surface area (Å²) in [7, 11) is -1.12. The molecule has 0 atom stereocenters. The zero-order valence-electron chi connectivity index (χ0n) is 9.82. The van der Waals surface area contributed by atoms with Gasteiger partial charge < -0.3 is 14.6 Å². The maximum Gasteiger partial charge on any atom is 0.323 e. The summed E-state index contributed by atoms with van der Waals surface area (Å²) in [5, 5.41) is 13.5. The number of carbonyl (C=O) groups excluding carboxylic acids is 1. The van der Waals surface area contributed by atoms with Crippen molar-refractivity contribution in [1.82, 2.24) is 9.47 Å². The van der Waals surface area contributed by atoms with Crippen molar-refractivity contribution in [3.05, 3.63) is 18.0 Å². The largest absolute Gasteiger partial charge is 0.480 e. The summed E-state index contributed by atoms with van der Waals surface area (Å²) < 4.78 is 23.5. The minimum atomic E-state index is -3.89. The van der Waals surface area contributed by atoms with E-state index in [1.807, 2.05) is 0 Å². The maximum atomic E-state index is 11.8.